The molecule has 1 fully saturated rings. The molecule has 0 saturated carbocycles. The first-order valence-electron chi connectivity index (χ1n) is 7.22. The van der Waals surface area contributed by atoms with Crippen molar-refractivity contribution in [2.45, 2.75) is 6.61 Å². The summed E-state index contributed by atoms with van der Waals surface area (Å²) >= 11 is 0. The lowest BCUT2D eigenvalue weighted by atomic mass is 10.1. The molecule has 0 unspecified atom stereocenters. The van der Waals surface area contributed by atoms with Crippen LogP contribution in [0.15, 0.2) is 36.7 Å². The van der Waals surface area contributed by atoms with E-state index in [2.05, 4.69) is 21.8 Å². The van der Waals surface area contributed by atoms with E-state index in [1.165, 1.54) is 0 Å². The molecule has 0 radical (unpaired) electrons. The number of hydrogen-bond donors (Lipinski definition) is 1. The Hall–Kier alpha value is -1.98. The van der Waals surface area contributed by atoms with E-state index >= 15 is 0 Å². The maximum Gasteiger partial charge on any atom is 0.147 e. The molecule has 0 atom stereocenters. The Morgan fingerprint density at radius 2 is 1.86 bits per heavy atom. The van der Waals surface area contributed by atoms with Crippen LogP contribution in [0.2, 0.25) is 0 Å². The van der Waals surface area contributed by atoms with Crippen LogP contribution in [-0.4, -0.2) is 53.2 Å². The first kappa shape index (κ1) is 14.0. The number of aliphatic hydroxyl groups excluding tert-OH is 1. The zero-order valence-corrected chi connectivity index (χ0v) is 12.2. The standard InChI is InChI=1S/C16H20N4O/c1-19-6-8-20(9-7-19)16-11-17-10-15(18-16)14-5-3-2-4-13(14)12-21/h2-5,10-11,21H,6-9,12H2,1H3. The molecule has 2 aromatic rings. The smallest absolute Gasteiger partial charge is 0.147 e. The van der Waals surface area contributed by atoms with Crippen molar-refractivity contribution >= 4 is 5.82 Å². The van der Waals surface area contributed by atoms with Gasteiger partial charge in [-0.25, -0.2) is 4.98 Å². The fourth-order valence-corrected chi connectivity index (χ4v) is 2.58. The molecule has 21 heavy (non-hydrogen) atoms. The number of anilines is 1. The fourth-order valence-electron chi connectivity index (χ4n) is 2.58. The van der Waals surface area contributed by atoms with Gasteiger partial charge in [0.2, 0.25) is 0 Å². The molecule has 5 heteroatoms. The lowest BCUT2D eigenvalue weighted by Gasteiger charge is -2.33. The second kappa shape index (κ2) is 6.20. The van der Waals surface area contributed by atoms with Gasteiger partial charge in [0.05, 0.1) is 24.7 Å². The number of likely N-dealkylation sites (N-methyl/N-ethyl adjacent to an activating group) is 1. The number of piperazine rings is 1. The second-order valence-corrected chi connectivity index (χ2v) is 5.37. The summed E-state index contributed by atoms with van der Waals surface area (Å²) < 4.78 is 0. The van der Waals surface area contributed by atoms with E-state index in [1.807, 2.05) is 30.5 Å². The van der Waals surface area contributed by atoms with Gasteiger partial charge in [-0.1, -0.05) is 24.3 Å². The van der Waals surface area contributed by atoms with Gasteiger partial charge < -0.3 is 14.9 Å². The number of nitrogens with zero attached hydrogens (tertiary/aromatic N) is 4. The minimum atomic E-state index is 0.0105. The van der Waals surface area contributed by atoms with Gasteiger partial charge in [0.15, 0.2) is 0 Å². The quantitative estimate of drug-likeness (QED) is 0.923. The molecule has 1 aliphatic heterocycles. The maximum absolute atomic E-state index is 9.46. The molecule has 1 aromatic carbocycles. The zero-order valence-electron chi connectivity index (χ0n) is 12.2. The highest BCUT2D eigenvalue weighted by Gasteiger charge is 2.16. The summed E-state index contributed by atoms with van der Waals surface area (Å²) in [5.41, 5.74) is 2.64. The Balaban J connectivity index is 1.89. The van der Waals surface area contributed by atoms with Crippen molar-refractivity contribution in [1.82, 2.24) is 14.9 Å². The molecule has 0 aliphatic carbocycles. The van der Waals surface area contributed by atoms with Crippen LogP contribution in [0.25, 0.3) is 11.3 Å². The minimum absolute atomic E-state index is 0.0105. The lowest BCUT2D eigenvalue weighted by molar-refractivity contribution is 0.282. The molecule has 1 aliphatic rings. The average Bonchev–Trinajstić information content (AvgIpc) is 2.55. The Morgan fingerprint density at radius 3 is 2.62 bits per heavy atom. The Bertz CT molecular complexity index is 609. The summed E-state index contributed by atoms with van der Waals surface area (Å²) in [4.78, 5) is 13.6. The van der Waals surface area contributed by atoms with Gasteiger partial charge in [-0.2, -0.15) is 0 Å². The highest BCUT2D eigenvalue weighted by atomic mass is 16.3. The monoisotopic (exact) mass is 284 g/mol. The number of aromatic nitrogens is 2. The Kier molecular flexibility index (Phi) is 4.13. The summed E-state index contributed by atoms with van der Waals surface area (Å²) in [6.45, 7) is 4.03. The predicted octanol–water partition coefficient (Wildman–Crippen LogP) is 1.39. The van der Waals surface area contributed by atoms with Crippen LogP contribution in [0, 0.1) is 0 Å². The van der Waals surface area contributed by atoms with E-state index in [0.29, 0.717) is 0 Å². The summed E-state index contributed by atoms with van der Waals surface area (Å²) in [6.07, 6.45) is 3.57. The maximum atomic E-state index is 9.46. The van der Waals surface area contributed by atoms with E-state index in [4.69, 9.17) is 4.98 Å². The third kappa shape index (κ3) is 3.04. The van der Waals surface area contributed by atoms with Crippen molar-refractivity contribution in [1.29, 1.82) is 0 Å². The van der Waals surface area contributed by atoms with Crippen molar-refractivity contribution in [2.75, 3.05) is 38.1 Å². The van der Waals surface area contributed by atoms with E-state index in [1.54, 1.807) is 6.20 Å². The van der Waals surface area contributed by atoms with Crippen LogP contribution in [0.4, 0.5) is 5.82 Å². The molecule has 0 amide bonds. The molecular formula is C16H20N4O. The Morgan fingerprint density at radius 1 is 1.10 bits per heavy atom. The van der Waals surface area contributed by atoms with Crippen LogP contribution in [0.1, 0.15) is 5.56 Å². The molecule has 0 spiro atoms. The summed E-state index contributed by atoms with van der Waals surface area (Å²) in [6, 6.07) is 7.77. The van der Waals surface area contributed by atoms with E-state index in [9.17, 15) is 5.11 Å². The van der Waals surface area contributed by atoms with E-state index < -0.39 is 0 Å². The molecule has 3 rings (SSSR count). The van der Waals surface area contributed by atoms with Crippen LogP contribution < -0.4 is 4.90 Å². The number of hydrogen-bond acceptors (Lipinski definition) is 5. The Labute approximate surface area is 124 Å². The SMILES string of the molecule is CN1CCN(c2cncc(-c3ccccc3CO)n2)CC1. The highest BCUT2D eigenvalue weighted by molar-refractivity contribution is 5.64. The van der Waals surface area contributed by atoms with Crippen LogP contribution in [-0.2, 0) is 6.61 Å². The summed E-state index contributed by atoms with van der Waals surface area (Å²) in [5, 5.41) is 9.46. The van der Waals surface area contributed by atoms with Gasteiger partial charge in [-0.3, -0.25) is 4.98 Å². The molecule has 110 valence electrons. The minimum Gasteiger partial charge on any atom is -0.392 e. The van der Waals surface area contributed by atoms with Crippen molar-refractivity contribution in [2.24, 2.45) is 0 Å². The third-order valence-electron chi connectivity index (χ3n) is 3.91. The van der Waals surface area contributed by atoms with Crippen LogP contribution in [0.5, 0.6) is 0 Å². The predicted molar refractivity (Wildman–Crippen MR) is 83.1 cm³/mol. The molecule has 1 aromatic heterocycles. The van der Waals surface area contributed by atoms with Crippen molar-refractivity contribution in [3.05, 3.63) is 42.2 Å². The lowest BCUT2D eigenvalue weighted by Crippen LogP contribution is -2.44. The molecule has 0 bridgehead atoms. The zero-order chi connectivity index (χ0) is 14.7. The topological polar surface area (TPSA) is 52.5 Å². The first-order valence-corrected chi connectivity index (χ1v) is 7.22. The van der Waals surface area contributed by atoms with Gasteiger partial charge in [-0.15, -0.1) is 0 Å². The highest BCUT2D eigenvalue weighted by Crippen LogP contribution is 2.23. The van der Waals surface area contributed by atoms with Gasteiger partial charge in [-0.05, 0) is 12.6 Å². The summed E-state index contributed by atoms with van der Waals surface area (Å²) in [7, 11) is 2.14. The van der Waals surface area contributed by atoms with Crippen molar-refractivity contribution in [3.8, 4) is 11.3 Å². The third-order valence-corrected chi connectivity index (χ3v) is 3.91. The summed E-state index contributed by atoms with van der Waals surface area (Å²) in [5.74, 6) is 0.911. The van der Waals surface area contributed by atoms with Crippen LogP contribution >= 0.6 is 0 Å². The fraction of sp³-hybridized carbons (Fsp3) is 0.375. The molecule has 5 nitrogen and oxygen atoms in total. The van der Waals surface area contributed by atoms with E-state index in [0.717, 1.165) is 48.8 Å². The molecule has 2 heterocycles. The second-order valence-electron chi connectivity index (χ2n) is 5.37. The molecular weight excluding hydrogens is 264 g/mol. The van der Waals surface area contributed by atoms with Crippen LogP contribution in [0.3, 0.4) is 0 Å². The number of benzene rings is 1. The first-order chi connectivity index (χ1) is 10.3. The van der Waals surface area contributed by atoms with Crippen molar-refractivity contribution in [3.63, 3.8) is 0 Å². The largest absolute Gasteiger partial charge is 0.392 e. The average molecular weight is 284 g/mol. The van der Waals surface area contributed by atoms with Gasteiger partial charge >= 0.3 is 0 Å². The van der Waals surface area contributed by atoms with Gasteiger partial charge in [0.1, 0.15) is 5.82 Å². The number of aliphatic hydroxyl groups is 1. The number of rotatable bonds is 3. The normalized spacial score (nSPS) is 16.2. The van der Waals surface area contributed by atoms with E-state index in [-0.39, 0.29) is 6.61 Å². The van der Waals surface area contributed by atoms with Gasteiger partial charge in [0, 0.05) is 31.7 Å². The van der Waals surface area contributed by atoms with Crippen molar-refractivity contribution < 1.29 is 5.11 Å². The van der Waals surface area contributed by atoms with Gasteiger partial charge in [0.25, 0.3) is 0 Å². The molecule has 1 N–H and O–H groups in total. The molecule has 1 saturated heterocycles.